The van der Waals surface area contributed by atoms with Crippen molar-refractivity contribution in [3.63, 3.8) is 0 Å². The number of carbonyl (C=O) groups is 3. The van der Waals surface area contributed by atoms with E-state index in [0.29, 0.717) is 33.7 Å². The van der Waals surface area contributed by atoms with E-state index < -0.39 is 17.8 Å². The number of anilines is 1. The summed E-state index contributed by atoms with van der Waals surface area (Å²) in [6, 6.07) is 31.5. The van der Waals surface area contributed by atoms with E-state index in [9.17, 15) is 14.4 Å². The number of rotatable bonds is 8. The highest BCUT2D eigenvalue weighted by Crippen LogP contribution is 2.33. The average Bonchev–Trinajstić information content (AvgIpc) is 3.02. The van der Waals surface area contributed by atoms with Crippen molar-refractivity contribution in [1.29, 1.82) is 0 Å². The second-order valence-electron chi connectivity index (χ2n) is 9.98. The number of amides is 4. The molecule has 5 aromatic carbocycles. The van der Waals surface area contributed by atoms with Crippen molar-refractivity contribution in [2.24, 2.45) is 0 Å². The molecule has 0 saturated carbocycles. The summed E-state index contributed by atoms with van der Waals surface area (Å²) in [6.07, 6.45) is 1.47. The fourth-order valence-corrected chi connectivity index (χ4v) is 5.15. The minimum atomic E-state index is -0.845. The van der Waals surface area contributed by atoms with Crippen LogP contribution < -0.4 is 19.7 Å². The number of halogens is 2. The van der Waals surface area contributed by atoms with Gasteiger partial charge in [-0.3, -0.25) is 14.9 Å². The van der Waals surface area contributed by atoms with Crippen molar-refractivity contribution in [3.8, 4) is 11.5 Å². The largest absolute Gasteiger partial charge is 0.489 e. The monoisotopic (exact) mass is 622 g/mol. The molecular formula is C35H24Cl2N2O5. The number of hydrogen-bond donors (Lipinski definition) is 1. The van der Waals surface area contributed by atoms with Gasteiger partial charge in [0.2, 0.25) is 0 Å². The number of barbiturate groups is 1. The minimum Gasteiger partial charge on any atom is -0.489 e. The molecule has 44 heavy (non-hydrogen) atoms. The summed E-state index contributed by atoms with van der Waals surface area (Å²) in [5.41, 5.74) is 2.38. The van der Waals surface area contributed by atoms with Gasteiger partial charge in [-0.2, -0.15) is 0 Å². The average molecular weight is 623 g/mol. The topological polar surface area (TPSA) is 84.9 Å². The lowest BCUT2D eigenvalue weighted by Crippen LogP contribution is -2.54. The third-order valence-corrected chi connectivity index (χ3v) is 7.51. The van der Waals surface area contributed by atoms with Crippen LogP contribution in [-0.2, 0) is 22.8 Å². The van der Waals surface area contributed by atoms with Crippen LogP contribution in [0.15, 0.2) is 115 Å². The summed E-state index contributed by atoms with van der Waals surface area (Å²) in [7, 11) is 0. The SMILES string of the molecule is O=C1NC(=O)N(c2ccc(OCc3ccc(Cl)cc3)cc2)C(=O)/C1=C/c1c(OCc2cccc(Cl)c2)ccc2ccccc12. The number of fused-ring (bicyclic) bond motifs is 1. The van der Waals surface area contributed by atoms with Gasteiger partial charge in [-0.1, -0.05) is 77.8 Å². The number of hydrogen-bond acceptors (Lipinski definition) is 5. The smallest absolute Gasteiger partial charge is 0.335 e. The molecule has 0 aliphatic carbocycles. The van der Waals surface area contributed by atoms with Crippen LogP contribution in [0.5, 0.6) is 11.5 Å². The first-order chi connectivity index (χ1) is 21.4. The summed E-state index contributed by atoms with van der Waals surface area (Å²) in [6.45, 7) is 0.528. The van der Waals surface area contributed by atoms with Crippen LogP contribution >= 0.6 is 23.2 Å². The predicted molar refractivity (Wildman–Crippen MR) is 171 cm³/mol. The Morgan fingerprint density at radius 2 is 1.45 bits per heavy atom. The molecule has 4 amide bonds. The Labute approximate surface area is 263 Å². The maximum atomic E-state index is 13.7. The molecule has 1 heterocycles. The summed E-state index contributed by atoms with van der Waals surface area (Å²) >= 11 is 12.1. The fraction of sp³-hybridized carbons (Fsp3) is 0.0571. The maximum Gasteiger partial charge on any atom is 0.335 e. The number of urea groups is 1. The van der Waals surface area contributed by atoms with Crippen molar-refractivity contribution < 1.29 is 23.9 Å². The van der Waals surface area contributed by atoms with Crippen molar-refractivity contribution in [2.75, 3.05) is 4.90 Å². The molecule has 1 aliphatic heterocycles. The molecule has 7 nitrogen and oxygen atoms in total. The van der Waals surface area contributed by atoms with E-state index in [2.05, 4.69) is 5.32 Å². The molecule has 0 aromatic heterocycles. The van der Waals surface area contributed by atoms with E-state index in [-0.39, 0.29) is 17.9 Å². The van der Waals surface area contributed by atoms with Gasteiger partial charge in [-0.05, 0) is 82.6 Å². The highest BCUT2D eigenvalue weighted by molar-refractivity contribution is 6.39. The fourth-order valence-electron chi connectivity index (χ4n) is 4.81. The molecule has 9 heteroatoms. The molecule has 1 aliphatic rings. The van der Waals surface area contributed by atoms with Crippen LogP contribution in [0.1, 0.15) is 16.7 Å². The molecule has 0 bridgehead atoms. The summed E-state index contributed by atoms with van der Waals surface area (Å²) in [4.78, 5) is 40.5. The van der Waals surface area contributed by atoms with Gasteiger partial charge in [0.15, 0.2) is 0 Å². The normalized spacial score (nSPS) is 14.2. The van der Waals surface area contributed by atoms with Crippen molar-refractivity contribution >= 4 is 63.6 Å². The molecule has 0 radical (unpaired) electrons. The Morgan fingerprint density at radius 3 is 2.23 bits per heavy atom. The number of ether oxygens (including phenoxy) is 2. The van der Waals surface area contributed by atoms with Gasteiger partial charge in [-0.15, -0.1) is 0 Å². The zero-order valence-electron chi connectivity index (χ0n) is 23.1. The molecule has 1 N–H and O–H groups in total. The third-order valence-electron chi connectivity index (χ3n) is 7.02. The number of benzene rings is 5. The Morgan fingerprint density at radius 1 is 0.705 bits per heavy atom. The number of nitrogens with zero attached hydrogens (tertiary/aromatic N) is 1. The molecule has 0 spiro atoms. The van der Waals surface area contributed by atoms with E-state index in [0.717, 1.165) is 26.8 Å². The number of carbonyl (C=O) groups excluding carboxylic acids is 3. The van der Waals surface area contributed by atoms with Crippen LogP contribution in [-0.4, -0.2) is 17.8 Å². The molecule has 1 fully saturated rings. The van der Waals surface area contributed by atoms with Crippen LogP contribution in [0.4, 0.5) is 10.5 Å². The zero-order chi connectivity index (χ0) is 30.6. The predicted octanol–water partition coefficient (Wildman–Crippen LogP) is 7.97. The molecule has 5 aromatic rings. The Balaban J connectivity index is 1.29. The molecule has 0 unspecified atom stereocenters. The van der Waals surface area contributed by atoms with Crippen LogP contribution in [0.25, 0.3) is 16.8 Å². The van der Waals surface area contributed by atoms with Crippen LogP contribution in [0, 0.1) is 0 Å². The van der Waals surface area contributed by atoms with E-state index in [4.69, 9.17) is 32.7 Å². The molecule has 1 saturated heterocycles. The lowest BCUT2D eigenvalue weighted by molar-refractivity contribution is -0.122. The van der Waals surface area contributed by atoms with Crippen molar-refractivity contribution in [3.05, 3.63) is 142 Å². The van der Waals surface area contributed by atoms with E-state index in [1.54, 1.807) is 54.6 Å². The highest BCUT2D eigenvalue weighted by Gasteiger charge is 2.37. The van der Waals surface area contributed by atoms with E-state index in [1.807, 2.05) is 54.6 Å². The summed E-state index contributed by atoms with van der Waals surface area (Å²) < 4.78 is 12.0. The molecule has 0 atom stereocenters. The van der Waals surface area contributed by atoms with Gasteiger partial charge < -0.3 is 9.47 Å². The first-order valence-corrected chi connectivity index (χ1v) is 14.4. The molecule has 6 rings (SSSR count). The van der Waals surface area contributed by atoms with Gasteiger partial charge in [0.1, 0.15) is 30.3 Å². The van der Waals surface area contributed by atoms with E-state index in [1.165, 1.54) is 6.08 Å². The van der Waals surface area contributed by atoms with Gasteiger partial charge >= 0.3 is 6.03 Å². The second kappa shape index (κ2) is 12.6. The number of imide groups is 2. The Kier molecular flexibility index (Phi) is 8.32. The van der Waals surface area contributed by atoms with Gasteiger partial charge in [0.05, 0.1) is 5.69 Å². The van der Waals surface area contributed by atoms with Crippen LogP contribution in [0.2, 0.25) is 10.0 Å². The second-order valence-corrected chi connectivity index (χ2v) is 10.9. The summed E-state index contributed by atoms with van der Waals surface area (Å²) in [5, 5.41) is 5.17. The van der Waals surface area contributed by atoms with Gasteiger partial charge in [-0.25, -0.2) is 9.69 Å². The van der Waals surface area contributed by atoms with Gasteiger partial charge in [0, 0.05) is 15.6 Å². The van der Waals surface area contributed by atoms with Crippen molar-refractivity contribution in [1.82, 2.24) is 5.32 Å². The minimum absolute atomic E-state index is 0.211. The van der Waals surface area contributed by atoms with Crippen molar-refractivity contribution in [2.45, 2.75) is 13.2 Å². The Hall–Kier alpha value is -5.11. The lowest BCUT2D eigenvalue weighted by Gasteiger charge is -2.26. The zero-order valence-corrected chi connectivity index (χ0v) is 24.6. The first kappa shape index (κ1) is 29.0. The highest BCUT2D eigenvalue weighted by atomic mass is 35.5. The van der Waals surface area contributed by atoms with Gasteiger partial charge in [0.25, 0.3) is 11.8 Å². The maximum absolute atomic E-state index is 13.7. The Bertz CT molecular complexity index is 1920. The number of nitrogens with one attached hydrogen (secondary N) is 1. The van der Waals surface area contributed by atoms with E-state index >= 15 is 0 Å². The molecule has 218 valence electrons. The first-order valence-electron chi connectivity index (χ1n) is 13.6. The van der Waals surface area contributed by atoms with Crippen LogP contribution in [0.3, 0.4) is 0 Å². The third kappa shape index (κ3) is 6.29. The summed E-state index contributed by atoms with van der Waals surface area (Å²) in [5.74, 6) is -0.560. The quantitative estimate of drug-likeness (QED) is 0.140. The standard InChI is InChI=1S/C35H24Cl2N2O5/c36-25-11-8-22(9-12-25)20-43-28-15-13-27(14-16-28)39-34(41)31(33(40)38-35(39)42)19-30-29-7-2-1-5-24(29)10-17-32(30)44-21-23-4-3-6-26(37)18-23/h1-19H,20-21H2,(H,38,40,42)/b31-19+. The molecular weight excluding hydrogens is 599 g/mol. The lowest BCUT2D eigenvalue weighted by atomic mass is 9.99.